The maximum Gasteiger partial charge on any atom is 0.492 e. The molecule has 2 aromatic rings. The molecule has 0 aromatic heterocycles. The summed E-state index contributed by atoms with van der Waals surface area (Å²) < 4.78 is 33.9. The minimum Gasteiger partial charge on any atom is -0.457 e. The molecule has 0 fully saturated rings. The first kappa shape index (κ1) is 15.1. The van der Waals surface area contributed by atoms with Crippen molar-refractivity contribution in [3.8, 4) is 11.5 Å². The second-order valence-electron chi connectivity index (χ2n) is 5.28. The van der Waals surface area contributed by atoms with Crippen molar-refractivity contribution in [3.05, 3.63) is 54.1 Å². The van der Waals surface area contributed by atoms with Crippen molar-refractivity contribution in [1.82, 2.24) is 0 Å². The normalized spacial score (nSPS) is 17.4. The van der Waals surface area contributed by atoms with E-state index in [1.54, 1.807) is 18.2 Å². The van der Waals surface area contributed by atoms with E-state index < -0.39 is 23.1 Å². The number of benzene rings is 2. The van der Waals surface area contributed by atoms with E-state index in [-0.39, 0.29) is 5.75 Å². The summed E-state index contributed by atoms with van der Waals surface area (Å²) in [5, 5.41) is 9.97. The fourth-order valence-corrected chi connectivity index (χ4v) is 3.26. The van der Waals surface area contributed by atoms with Gasteiger partial charge in [-0.2, -0.15) is 0 Å². The van der Waals surface area contributed by atoms with E-state index in [9.17, 15) is 13.4 Å². The number of sulfone groups is 1. The SMILES string of the molecule is CS(=O)(=O)CC1OB(O)c2cc(Oc3ccccc3)ccc21. The smallest absolute Gasteiger partial charge is 0.457 e. The number of fused-ring (bicyclic) bond motifs is 1. The van der Waals surface area contributed by atoms with Gasteiger partial charge in [-0.15, -0.1) is 0 Å². The Morgan fingerprint density at radius 3 is 2.59 bits per heavy atom. The first-order valence-corrected chi connectivity index (χ1v) is 8.86. The molecule has 7 heteroatoms. The van der Waals surface area contributed by atoms with Crippen LogP contribution >= 0.6 is 0 Å². The van der Waals surface area contributed by atoms with Gasteiger partial charge in [0.15, 0.2) is 0 Å². The molecule has 0 radical (unpaired) electrons. The van der Waals surface area contributed by atoms with Crippen LogP contribution in [0.5, 0.6) is 11.5 Å². The van der Waals surface area contributed by atoms with Crippen LogP contribution in [0.2, 0.25) is 0 Å². The molecule has 1 aliphatic rings. The lowest BCUT2D eigenvalue weighted by molar-refractivity contribution is 0.211. The van der Waals surface area contributed by atoms with Crippen LogP contribution in [0.4, 0.5) is 0 Å². The summed E-state index contributed by atoms with van der Waals surface area (Å²) in [5.74, 6) is 1.09. The molecule has 1 atom stereocenters. The Morgan fingerprint density at radius 2 is 1.91 bits per heavy atom. The van der Waals surface area contributed by atoms with Crippen molar-refractivity contribution in [3.63, 3.8) is 0 Å². The molecule has 3 rings (SSSR count). The van der Waals surface area contributed by atoms with Crippen molar-refractivity contribution in [2.75, 3.05) is 12.0 Å². The summed E-state index contributed by atoms with van der Waals surface area (Å²) >= 11 is 0. The van der Waals surface area contributed by atoms with E-state index in [2.05, 4.69) is 0 Å². The van der Waals surface area contributed by atoms with Crippen LogP contribution in [-0.4, -0.2) is 32.6 Å². The lowest BCUT2D eigenvalue weighted by Gasteiger charge is -2.11. The zero-order valence-electron chi connectivity index (χ0n) is 12.0. The summed E-state index contributed by atoms with van der Waals surface area (Å²) in [4.78, 5) is 0. The molecular weight excluding hydrogens is 303 g/mol. The lowest BCUT2D eigenvalue weighted by Crippen LogP contribution is -2.28. The molecule has 1 unspecified atom stereocenters. The molecule has 0 bridgehead atoms. The molecule has 22 heavy (non-hydrogen) atoms. The van der Waals surface area contributed by atoms with Crippen molar-refractivity contribution >= 4 is 22.4 Å². The summed E-state index contributed by atoms with van der Waals surface area (Å²) in [7, 11) is -4.34. The summed E-state index contributed by atoms with van der Waals surface area (Å²) in [6, 6.07) is 14.4. The summed E-state index contributed by atoms with van der Waals surface area (Å²) in [6.45, 7) is 0. The van der Waals surface area contributed by atoms with Gasteiger partial charge in [0.1, 0.15) is 21.3 Å². The summed E-state index contributed by atoms with van der Waals surface area (Å²) in [6.07, 6.45) is 0.499. The second kappa shape index (κ2) is 5.76. The second-order valence-corrected chi connectivity index (χ2v) is 7.46. The maximum absolute atomic E-state index is 11.4. The molecule has 1 N–H and O–H groups in total. The van der Waals surface area contributed by atoms with Crippen LogP contribution in [0.25, 0.3) is 0 Å². The quantitative estimate of drug-likeness (QED) is 0.860. The van der Waals surface area contributed by atoms with Gasteiger partial charge in [0.05, 0.1) is 11.9 Å². The molecule has 5 nitrogen and oxygen atoms in total. The Kier molecular flexibility index (Phi) is 3.95. The van der Waals surface area contributed by atoms with E-state index in [1.807, 2.05) is 30.3 Å². The Labute approximate surface area is 129 Å². The average molecular weight is 318 g/mol. The number of hydrogen-bond acceptors (Lipinski definition) is 5. The lowest BCUT2D eigenvalue weighted by atomic mass is 9.79. The van der Waals surface area contributed by atoms with Gasteiger partial charge in [-0.1, -0.05) is 24.3 Å². The third-order valence-electron chi connectivity index (χ3n) is 3.40. The molecule has 1 heterocycles. The van der Waals surface area contributed by atoms with E-state index in [4.69, 9.17) is 9.39 Å². The van der Waals surface area contributed by atoms with Gasteiger partial charge in [0.25, 0.3) is 0 Å². The van der Waals surface area contributed by atoms with Crippen LogP contribution in [0.15, 0.2) is 48.5 Å². The third-order valence-corrected chi connectivity index (χ3v) is 4.31. The van der Waals surface area contributed by atoms with Gasteiger partial charge in [0.2, 0.25) is 0 Å². The molecule has 0 saturated carbocycles. The molecule has 0 spiro atoms. The molecule has 0 saturated heterocycles. The molecule has 2 aromatic carbocycles. The standard InChI is InChI=1S/C15H15BO5S/c1-22(18,19)10-15-13-8-7-12(9-14(13)16(17)21-15)20-11-5-3-2-4-6-11/h2-9,15,17H,10H2,1H3. The fraction of sp³-hybridized carbons (Fsp3) is 0.200. The van der Waals surface area contributed by atoms with Gasteiger partial charge in [-0.3, -0.25) is 0 Å². The van der Waals surface area contributed by atoms with Crippen molar-refractivity contribution in [1.29, 1.82) is 0 Å². The third kappa shape index (κ3) is 3.32. The van der Waals surface area contributed by atoms with E-state index in [0.717, 1.165) is 6.26 Å². The minimum absolute atomic E-state index is 0.157. The van der Waals surface area contributed by atoms with Crippen molar-refractivity contribution in [2.45, 2.75) is 6.10 Å². The fourth-order valence-electron chi connectivity index (χ4n) is 2.45. The molecular formula is C15H15BO5S. The van der Waals surface area contributed by atoms with Crippen molar-refractivity contribution < 1.29 is 22.8 Å². The monoisotopic (exact) mass is 318 g/mol. The van der Waals surface area contributed by atoms with Crippen molar-refractivity contribution in [2.24, 2.45) is 0 Å². The summed E-state index contributed by atoms with van der Waals surface area (Å²) in [5.41, 5.74) is 1.22. The van der Waals surface area contributed by atoms with Gasteiger partial charge < -0.3 is 14.4 Å². The van der Waals surface area contributed by atoms with E-state index >= 15 is 0 Å². The van der Waals surface area contributed by atoms with Crippen LogP contribution in [-0.2, 0) is 14.5 Å². The zero-order chi connectivity index (χ0) is 15.7. The van der Waals surface area contributed by atoms with Crippen LogP contribution in [0.3, 0.4) is 0 Å². The maximum atomic E-state index is 11.4. The predicted octanol–water partition coefficient (Wildman–Crippen LogP) is 1.28. The van der Waals surface area contributed by atoms with Crippen LogP contribution < -0.4 is 10.2 Å². The number of para-hydroxylation sites is 1. The first-order chi connectivity index (χ1) is 10.4. The highest BCUT2D eigenvalue weighted by atomic mass is 32.2. The van der Waals surface area contributed by atoms with Crippen LogP contribution in [0.1, 0.15) is 11.7 Å². The van der Waals surface area contributed by atoms with Crippen LogP contribution in [0, 0.1) is 0 Å². The minimum atomic E-state index is -3.20. The highest BCUT2D eigenvalue weighted by molar-refractivity contribution is 7.90. The van der Waals surface area contributed by atoms with Gasteiger partial charge in [-0.25, -0.2) is 8.42 Å². The highest BCUT2D eigenvalue weighted by Crippen LogP contribution is 2.28. The Balaban J connectivity index is 1.86. The number of ether oxygens (including phenoxy) is 1. The van der Waals surface area contributed by atoms with Gasteiger partial charge >= 0.3 is 7.12 Å². The molecule has 0 aliphatic carbocycles. The van der Waals surface area contributed by atoms with E-state index in [1.165, 1.54) is 0 Å². The van der Waals surface area contributed by atoms with Gasteiger partial charge in [0, 0.05) is 6.26 Å². The zero-order valence-corrected chi connectivity index (χ0v) is 12.8. The Bertz CT molecular complexity index is 776. The first-order valence-electron chi connectivity index (χ1n) is 6.80. The molecule has 0 amide bonds. The predicted molar refractivity (Wildman–Crippen MR) is 84.1 cm³/mol. The number of rotatable bonds is 4. The van der Waals surface area contributed by atoms with E-state index in [0.29, 0.717) is 22.5 Å². The highest BCUT2D eigenvalue weighted by Gasteiger charge is 2.36. The average Bonchev–Trinajstić information content (AvgIpc) is 2.74. The topological polar surface area (TPSA) is 72.8 Å². The Morgan fingerprint density at radius 1 is 1.18 bits per heavy atom. The molecule has 114 valence electrons. The number of hydrogen-bond donors (Lipinski definition) is 1. The van der Waals surface area contributed by atoms with Gasteiger partial charge in [-0.05, 0) is 35.3 Å². The molecule has 1 aliphatic heterocycles. The Hall–Kier alpha value is -1.83. The largest absolute Gasteiger partial charge is 0.492 e.